The third-order valence-corrected chi connectivity index (χ3v) is 5.10. The van der Waals surface area contributed by atoms with E-state index in [0.29, 0.717) is 12.1 Å². The van der Waals surface area contributed by atoms with Crippen LogP contribution in [0.15, 0.2) is 42.5 Å². The predicted octanol–water partition coefficient (Wildman–Crippen LogP) is 4.06. The highest BCUT2D eigenvalue weighted by Crippen LogP contribution is 2.23. The minimum Gasteiger partial charge on any atom is -0.494 e. The zero-order valence-electron chi connectivity index (χ0n) is 17.0. The van der Waals surface area contributed by atoms with Crippen molar-refractivity contribution >= 4 is 5.91 Å². The van der Waals surface area contributed by atoms with E-state index in [1.54, 1.807) is 6.07 Å². The third-order valence-electron chi connectivity index (χ3n) is 5.10. The van der Waals surface area contributed by atoms with Crippen molar-refractivity contribution < 1.29 is 31.8 Å². The Kier molecular flexibility index (Phi) is 7.37. The average Bonchev–Trinajstić information content (AvgIpc) is 2.70. The largest absolute Gasteiger partial charge is 0.573 e. The highest BCUT2D eigenvalue weighted by atomic mass is 19.4. The van der Waals surface area contributed by atoms with Gasteiger partial charge in [-0.2, -0.15) is 0 Å². The summed E-state index contributed by atoms with van der Waals surface area (Å²) in [5.74, 6) is -0.672. The number of nitrogens with one attached hydrogen (secondary N) is 1. The minimum absolute atomic E-state index is 0.0317. The molecule has 9 heteroatoms. The van der Waals surface area contributed by atoms with Crippen molar-refractivity contribution in [3.63, 3.8) is 0 Å². The van der Waals surface area contributed by atoms with Crippen LogP contribution in [-0.4, -0.2) is 43.4 Å². The molecule has 0 spiro atoms. The van der Waals surface area contributed by atoms with Crippen LogP contribution in [-0.2, 0) is 17.8 Å². The molecule has 1 N–H and O–H groups in total. The fraction of sp³-hybridized carbons (Fsp3) is 0.409. The lowest BCUT2D eigenvalue weighted by molar-refractivity contribution is -0.274. The molecule has 31 heavy (non-hydrogen) atoms. The molecule has 2 aromatic carbocycles. The summed E-state index contributed by atoms with van der Waals surface area (Å²) in [6.45, 7) is 2.15. The molecule has 168 valence electrons. The van der Waals surface area contributed by atoms with E-state index < -0.39 is 6.36 Å². The van der Waals surface area contributed by atoms with Gasteiger partial charge in [-0.3, -0.25) is 9.69 Å². The van der Waals surface area contributed by atoms with Crippen molar-refractivity contribution in [2.75, 3.05) is 20.2 Å². The molecule has 0 aromatic heterocycles. The number of amides is 1. The van der Waals surface area contributed by atoms with Crippen molar-refractivity contribution in [1.29, 1.82) is 0 Å². The summed E-state index contributed by atoms with van der Waals surface area (Å²) in [6.07, 6.45) is -3.13. The number of piperidine rings is 1. The molecule has 5 nitrogen and oxygen atoms in total. The predicted molar refractivity (Wildman–Crippen MR) is 106 cm³/mol. The summed E-state index contributed by atoms with van der Waals surface area (Å²) in [6, 6.07) is 10.2. The Morgan fingerprint density at radius 2 is 1.74 bits per heavy atom. The Labute approximate surface area is 177 Å². The van der Waals surface area contributed by atoms with Gasteiger partial charge in [-0.15, -0.1) is 13.2 Å². The van der Waals surface area contributed by atoms with Crippen molar-refractivity contribution in [3.05, 3.63) is 59.4 Å². The summed E-state index contributed by atoms with van der Waals surface area (Å²) < 4.78 is 59.2. The first-order chi connectivity index (χ1) is 14.7. The molecule has 1 amide bonds. The number of rotatable bonds is 7. The van der Waals surface area contributed by atoms with Crippen LogP contribution in [0, 0.1) is 5.82 Å². The molecule has 0 atom stereocenters. The van der Waals surface area contributed by atoms with Crippen LogP contribution < -0.4 is 14.8 Å². The molecule has 1 aliphatic rings. The van der Waals surface area contributed by atoms with E-state index in [1.165, 1.54) is 37.4 Å². The summed E-state index contributed by atoms with van der Waals surface area (Å²) in [5.41, 5.74) is 1.46. The molecule has 0 bridgehead atoms. The fourth-order valence-electron chi connectivity index (χ4n) is 3.57. The van der Waals surface area contributed by atoms with Gasteiger partial charge in [-0.05, 0) is 48.2 Å². The Morgan fingerprint density at radius 1 is 1.10 bits per heavy atom. The van der Waals surface area contributed by atoms with Crippen LogP contribution >= 0.6 is 0 Å². The molecular weight excluding hydrogens is 416 g/mol. The van der Waals surface area contributed by atoms with Crippen molar-refractivity contribution in [3.8, 4) is 11.5 Å². The average molecular weight is 440 g/mol. The van der Waals surface area contributed by atoms with E-state index in [4.69, 9.17) is 4.74 Å². The van der Waals surface area contributed by atoms with Crippen molar-refractivity contribution in [1.82, 2.24) is 10.2 Å². The Balaban J connectivity index is 1.42. The summed E-state index contributed by atoms with van der Waals surface area (Å²) >= 11 is 0. The van der Waals surface area contributed by atoms with Gasteiger partial charge >= 0.3 is 6.36 Å². The second-order valence-corrected chi connectivity index (χ2v) is 7.46. The van der Waals surface area contributed by atoms with Gasteiger partial charge in [0.25, 0.3) is 0 Å². The van der Waals surface area contributed by atoms with E-state index >= 15 is 0 Å². The van der Waals surface area contributed by atoms with Crippen LogP contribution in [0.5, 0.6) is 11.5 Å². The quantitative estimate of drug-likeness (QED) is 0.660. The molecule has 0 saturated carbocycles. The molecule has 1 fully saturated rings. The fourth-order valence-corrected chi connectivity index (χ4v) is 3.57. The number of carbonyl (C=O) groups excluding carboxylic acids is 1. The van der Waals surface area contributed by atoms with E-state index in [1.807, 2.05) is 6.07 Å². The molecule has 1 aliphatic heterocycles. The van der Waals surface area contributed by atoms with Gasteiger partial charge in [0.05, 0.1) is 13.5 Å². The summed E-state index contributed by atoms with van der Waals surface area (Å²) in [7, 11) is 1.43. The van der Waals surface area contributed by atoms with Gasteiger partial charge in [0, 0.05) is 25.7 Å². The first-order valence-corrected chi connectivity index (χ1v) is 9.90. The monoisotopic (exact) mass is 440 g/mol. The number of ether oxygens (including phenoxy) is 2. The summed E-state index contributed by atoms with van der Waals surface area (Å²) in [4.78, 5) is 14.5. The van der Waals surface area contributed by atoms with Gasteiger partial charge in [-0.25, -0.2) is 4.39 Å². The zero-order chi connectivity index (χ0) is 22.4. The normalized spacial score (nSPS) is 15.5. The number of likely N-dealkylation sites (tertiary alicyclic amines) is 1. The summed E-state index contributed by atoms with van der Waals surface area (Å²) in [5, 5.41) is 2.98. The molecule has 0 unspecified atom stereocenters. The zero-order valence-corrected chi connectivity index (χ0v) is 17.0. The third kappa shape index (κ3) is 7.13. The first-order valence-electron chi connectivity index (χ1n) is 9.90. The van der Waals surface area contributed by atoms with Crippen LogP contribution in [0.2, 0.25) is 0 Å². The standard InChI is InChI=1S/C22H24F4N2O3/c1-30-20-7-4-16(12-19(20)23)14-28-10-8-17(9-11-28)27-21(29)13-15-2-5-18(6-3-15)31-22(24,25)26/h2-7,12,17H,8-11,13-14H2,1H3,(H,27,29). The van der Waals surface area contributed by atoms with Gasteiger partial charge in [-0.1, -0.05) is 18.2 Å². The SMILES string of the molecule is COc1ccc(CN2CCC(NC(=O)Cc3ccc(OC(F)(F)F)cc3)CC2)cc1F. The molecule has 3 rings (SSSR count). The van der Waals surface area contributed by atoms with Crippen LogP contribution in [0.1, 0.15) is 24.0 Å². The van der Waals surface area contributed by atoms with Gasteiger partial charge < -0.3 is 14.8 Å². The van der Waals surface area contributed by atoms with Crippen molar-refractivity contribution in [2.24, 2.45) is 0 Å². The number of hydrogen-bond acceptors (Lipinski definition) is 4. The molecular formula is C22H24F4N2O3. The Bertz CT molecular complexity index is 879. The van der Waals surface area contributed by atoms with E-state index in [-0.39, 0.29) is 35.7 Å². The number of nitrogens with zero attached hydrogens (tertiary/aromatic N) is 1. The number of benzene rings is 2. The number of hydrogen-bond donors (Lipinski definition) is 1. The maximum atomic E-state index is 13.8. The lowest BCUT2D eigenvalue weighted by Gasteiger charge is -2.32. The Hall–Kier alpha value is -2.81. The highest BCUT2D eigenvalue weighted by Gasteiger charge is 2.31. The minimum atomic E-state index is -4.74. The van der Waals surface area contributed by atoms with E-state index in [2.05, 4.69) is 15.0 Å². The lowest BCUT2D eigenvalue weighted by atomic mass is 10.0. The first kappa shape index (κ1) is 22.9. The van der Waals surface area contributed by atoms with Crippen LogP contribution in [0.3, 0.4) is 0 Å². The molecule has 2 aromatic rings. The number of carbonyl (C=O) groups is 1. The van der Waals surface area contributed by atoms with E-state index in [0.717, 1.165) is 31.5 Å². The molecule has 1 heterocycles. The van der Waals surface area contributed by atoms with Crippen molar-refractivity contribution in [2.45, 2.75) is 38.2 Å². The maximum absolute atomic E-state index is 13.8. The smallest absolute Gasteiger partial charge is 0.494 e. The second-order valence-electron chi connectivity index (χ2n) is 7.46. The molecule has 1 saturated heterocycles. The topological polar surface area (TPSA) is 50.8 Å². The number of alkyl halides is 3. The van der Waals surface area contributed by atoms with Gasteiger partial charge in [0.2, 0.25) is 5.91 Å². The van der Waals surface area contributed by atoms with Crippen LogP contribution in [0.4, 0.5) is 17.6 Å². The van der Waals surface area contributed by atoms with Gasteiger partial charge in [0.15, 0.2) is 11.6 Å². The highest BCUT2D eigenvalue weighted by molar-refractivity contribution is 5.78. The van der Waals surface area contributed by atoms with Crippen LogP contribution in [0.25, 0.3) is 0 Å². The lowest BCUT2D eigenvalue weighted by Crippen LogP contribution is -2.44. The van der Waals surface area contributed by atoms with E-state index in [9.17, 15) is 22.4 Å². The number of methoxy groups -OCH3 is 1. The Morgan fingerprint density at radius 3 is 2.32 bits per heavy atom. The molecule has 0 aliphatic carbocycles. The van der Waals surface area contributed by atoms with Gasteiger partial charge in [0.1, 0.15) is 5.75 Å². The number of halogens is 4. The second kappa shape index (κ2) is 10.00. The maximum Gasteiger partial charge on any atom is 0.573 e. The molecule has 0 radical (unpaired) electrons.